The van der Waals surface area contributed by atoms with Crippen LogP contribution in [-0.2, 0) is 21.2 Å². The van der Waals surface area contributed by atoms with Crippen molar-refractivity contribution in [3.63, 3.8) is 0 Å². The molecular weight excluding hydrogens is 448 g/mol. The third-order valence-corrected chi connectivity index (χ3v) is 7.93. The zero-order chi connectivity index (χ0) is 22.7. The minimum atomic E-state index is -3.83. The first kappa shape index (κ1) is 22.4. The number of nitrogens with zero attached hydrogens (tertiary/aromatic N) is 3. The molecule has 8 nitrogen and oxygen atoms in total. The number of carbonyl (C=O) groups is 1. The van der Waals surface area contributed by atoms with Gasteiger partial charge in [-0.05, 0) is 55.7 Å². The zero-order valence-electron chi connectivity index (χ0n) is 17.8. The SMILES string of the molecule is CCOc1ccc(S(=O)(=O)N2CCc3ccccc3[C@@H]2CC(=O)Nc2nnc(C)s2)cc1. The first-order valence-electron chi connectivity index (χ1n) is 10.3. The summed E-state index contributed by atoms with van der Waals surface area (Å²) in [5.74, 6) is 0.300. The Kier molecular flexibility index (Phi) is 6.54. The molecule has 1 aliphatic rings. The highest BCUT2D eigenvalue weighted by Gasteiger charge is 2.37. The first-order valence-corrected chi connectivity index (χ1v) is 12.6. The minimum absolute atomic E-state index is 0.0219. The second kappa shape index (κ2) is 9.35. The second-order valence-corrected chi connectivity index (χ2v) is 10.4. The number of fused-ring (bicyclic) bond motifs is 1. The summed E-state index contributed by atoms with van der Waals surface area (Å²) in [6.07, 6.45) is 0.562. The number of aryl methyl sites for hydroxylation is 1. The van der Waals surface area contributed by atoms with Crippen LogP contribution >= 0.6 is 11.3 Å². The van der Waals surface area contributed by atoms with E-state index in [2.05, 4.69) is 15.5 Å². The molecule has 0 fully saturated rings. The molecule has 4 rings (SSSR count). The lowest BCUT2D eigenvalue weighted by Gasteiger charge is -2.36. The maximum absolute atomic E-state index is 13.6. The number of carbonyl (C=O) groups excluding carboxylic acids is 1. The van der Waals surface area contributed by atoms with E-state index in [9.17, 15) is 13.2 Å². The minimum Gasteiger partial charge on any atom is -0.494 e. The van der Waals surface area contributed by atoms with Crippen molar-refractivity contribution in [2.24, 2.45) is 0 Å². The fraction of sp³-hybridized carbons (Fsp3) is 0.318. The maximum atomic E-state index is 13.6. The fourth-order valence-electron chi connectivity index (χ4n) is 3.83. The van der Waals surface area contributed by atoms with E-state index in [1.807, 2.05) is 31.2 Å². The molecule has 1 atom stereocenters. The molecule has 0 unspecified atom stereocenters. The molecule has 2 heterocycles. The lowest BCUT2D eigenvalue weighted by atomic mass is 9.92. The Morgan fingerprint density at radius 3 is 2.62 bits per heavy atom. The van der Waals surface area contributed by atoms with Gasteiger partial charge in [-0.25, -0.2) is 8.42 Å². The molecule has 168 valence electrons. The lowest BCUT2D eigenvalue weighted by molar-refractivity contribution is -0.117. The summed E-state index contributed by atoms with van der Waals surface area (Å²) in [6, 6.07) is 13.4. The summed E-state index contributed by atoms with van der Waals surface area (Å²) in [6.45, 7) is 4.47. The van der Waals surface area contributed by atoms with Crippen LogP contribution in [0.3, 0.4) is 0 Å². The number of hydrogen-bond acceptors (Lipinski definition) is 7. The summed E-state index contributed by atoms with van der Waals surface area (Å²) in [7, 11) is -3.83. The lowest BCUT2D eigenvalue weighted by Crippen LogP contribution is -2.41. The van der Waals surface area contributed by atoms with Crippen molar-refractivity contribution in [2.75, 3.05) is 18.5 Å². The number of nitrogens with one attached hydrogen (secondary N) is 1. The van der Waals surface area contributed by atoms with Crippen molar-refractivity contribution in [1.29, 1.82) is 0 Å². The maximum Gasteiger partial charge on any atom is 0.243 e. The second-order valence-electron chi connectivity index (χ2n) is 7.36. The van der Waals surface area contributed by atoms with E-state index in [1.165, 1.54) is 15.6 Å². The van der Waals surface area contributed by atoms with Crippen LogP contribution in [0.25, 0.3) is 0 Å². The van der Waals surface area contributed by atoms with E-state index >= 15 is 0 Å². The van der Waals surface area contributed by atoms with Gasteiger partial charge < -0.3 is 10.1 Å². The average molecular weight is 473 g/mol. The van der Waals surface area contributed by atoms with Crippen LogP contribution in [0, 0.1) is 6.92 Å². The molecule has 2 aromatic carbocycles. The molecular formula is C22H24N4O4S2. The van der Waals surface area contributed by atoms with Crippen molar-refractivity contribution in [3.05, 3.63) is 64.7 Å². The van der Waals surface area contributed by atoms with Gasteiger partial charge in [0.05, 0.1) is 17.5 Å². The van der Waals surface area contributed by atoms with Gasteiger partial charge in [-0.3, -0.25) is 4.79 Å². The number of benzene rings is 2. The van der Waals surface area contributed by atoms with Gasteiger partial charge in [0.25, 0.3) is 0 Å². The van der Waals surface area contributed by atoms with Crippen molar-refractivity contribution in [1.82, 2.24) is 14.5 Å². The molecule has 1 aromatic heterocycles. The van der Waals surface area contributed by atoms with Crippen molar-refractivity contribution in [2.45, 2.75) is 37.6 Å². The third-order valence-electron chi connectivity index (χ3n) is 5.26. The molecule has 1 N–H and O–H groups in total. The molecule has 1 amide bonds. The predicted octanol–water partition coefficient (Wildman–Crippen LogP) is 3.56. The van der Waals surface area contributed by atoms with Crippen LogP contribution in [0.15, 0.2) is 53.4 Å². The monoisotopic (exact) mass is 472 g/mol. The Morgan fingerprint density at radius 1 is 1.19 bits per heavy atom. The van der Waals surface area contributed by atoms with Crippen molar-refractivity contribution >= 4 is 32.4 Å². The van der Waals surface area contributed by atoms with Gasteiger partial charge in [-0.15, -0.1) is 10.2 Å². The molecule has 0 radical (unpaired) electrons. The smallest absolute Gasteiger partial charge is 0.243 e. The Bertz CT molecular complexity index is 1210. The topological polar surface area (TPSA) is 101 Å². The molecule has 3 aromatic rings. The average Bonchev–Trinajstić information content (AvgIpc) is 3.18. The molecule has 0 spiro atoms. The number of amides is 1. The standard InChI is InChI=1S/C22H24N4O4S2/c1-3-30-17-8-10-18(11-9-17)32(28,29)26-13-12-16-6-4-5-7-19(16)20(26)14-21(27)23-22-25-24-15(2)31-22/h4-11,20H,3,12-14H2,1-2H3,(H,23,25,27)/t20-/m0/s1. The van der Waals surface area contributed by atoms with Crippen molar-refractivity contribution < 1.29 is 17.9 Å². The quantitative estimate of drug-likeness (QED) is 0.564. The zero-order valence-corrected chi connectivity index (χ0v) is 19.4. The molecule has 0 aliphatic carbocycles. The fourth-order valence-corrected chi connectivity index (χ4v) is 6.04. The van der Waals surface area contributed by atoms with Gasteiger partial charge in [0, 0.05) is 13.0 Å². The summed E-state index contributed by atoms with van der Waals surface area (Å²) in [5, 5.41) is 11.7. The van der Waals surface area contributed by atoms with Crippen LogP contribution in [0.2, 0.25) is 0 Å². The Hall–Kier alpha value is -2.82. The summed E-state index contributed by atoms with van der Waals surface area (Å²) >= 11 is 1.27. The Labute approximate surface area is 191 Å². The predicted molar refractivity (Wildman–Crippen MR) is 122 cm³/mol. The van der Waals surface area contributed by atoms with E-state index in [4.69, 9.17) is 4.74 Å². The molecule has 10 heteroatoms. The van der Waals surface area contributed by atoms with Gasteiger partial charge in [0.15, 0.2) is 0 Å². The highest BCUT2D eigenvalue weighted by atomic mass is 32.2. The normalized spacial score (nSPS) is 16.4. The molecule has 1 aliphatic heterocycles. The van der Waals surface area contributed by atoms with Crippen molar-refractivity contribution in [3.8, 4) is 5.75 Å². The Balaban J connectivity index is 1.64. The molecule has 0 saturated heterocycles. The number of aromatic nitrogens is 2. The van der Waals surface area contributed by atoms with Crippen LogP contribution in [-0.4, -0.2) is 42.0 Å². The van der Waals surface area contributed by atoms with Crippen LogP contribution in [0.5, 0.6) is 5.75 Å². The van der Waals surface area contributed by atoms with E-state index in [-0.39, 0.29) is 17.2 Å². The number of sulfonamides is 1. The Morgan fingerprint density at radius 2 is 1.94 bits per heavy atom. The van der Waals surface area contributed by atoms with Crippen LogP contribution in [0.4, 0.5) is 5.13 Å². The number of hydrogen-bond donors (Lipinski definition) is 1. The van der Waals surface area contributed by atoms with Crippen LogP contribution < -0.4 is 10.1 Å². The largest absolute Gasteiger partial charge is 0.494 e. The highest BCUT2D eigenvalue weighted by Crippen LogP contribution is 2.37. The van der Waals surface area contributed by atoms with E-state index in [1.54, 1.807) is 31.2 Å². The summed E-state index contributed by atoms with van der Waals surface area (Å²) in [5.41, 5.74) is 1.90. The highest BCUT2D eigenvalue weighted by molar-refractivity contribution is 7.89. The number of anilines is 1. The number of rotatable bonds is 7. The van der Waals surface area contributed by atoms with E-state index in [0.717, 1.165) is 16.1 Å². The summed E-state index contributed by atoms with van der Waals surface area (Å²) in [4.78, 5) is 13.0. The number of ether oxygens (including phenoxy) is 1. The van der Waals surface area contributed by atoms with Gasteiger partial charge in [-0.2, -0.15) is 4.31 Å². The third kappa shape index (κ3) is 4.67. The van der Waals surface area contributed by atoms with Gasteiger partial charge in [0.2, 0.25) is 21.1 Å². The van der Waals surface area contributed by atoms with Crippen LogP contribution in [0.1, 0.15) is 35.5 Å². The molecule has 32 heavy (non-hydrogen) atoms. The molecule has 0 saturated carbocycles. The molecule has 0 bridgehead atoms. The summed E-state index contributed by atoms with van der Waals surface area (Å²) < 4.78 is 34.0. The van der Waals surface area contributed by atoms with Gasteiger partial charge >= 0.3 is 0 Å². The first-order chi connectivity index (χ1) is 15.4. The van der Waals surface area contributed by atoms with Gasteiger partial charge in [0.1, 0.15) is 10.8 Å². The van der Waals surface area contributed by atoms with E-state index < -0.39 is 16.1 Å². The van der Waals surface area contributed by atoms with E-state index in [0.29, 0.717) is 30.5 Å². The van der Waals surface area contributed by atoms with Gasteiger partial charge in [-0.1, -0.05) is 35.6 Å².